The number of rotatable bonds is 7. The molecule has 0 radical (unpaired) electrons. The quantitative estimate of drug-likeness (QED) is 0.368. The maximum atomic E-state index is 10.5. The van der Waals surface area contributed by atoms with E-state index >= 15 is 0 Å². The number of nitrogens with two attached hydrogens (primary N) is 1. The first kappa shape index (κ1) is 14.2. The van der Waals surface area contributed by atoms with Crippen LogP contribution in [0.2, 0.25) is 0 Å². The second-order valence-electron chi connectivity index (χ2n) is 3.41. The first-order chi connectivity index (χ1) is 6.95. The highest BCUT2D eigenvalue weighted by molar-refractivity contribution is 7.81. The molecule has 0 aliphatic carbocycles. The molecule has 0 aliphatic heterocycles. The van der Waals surface area contributed by atoms with Gasteiger partial charge in [0.2, 0.25) is 5.91 Å². The Morgan fingerprint density at radius 3 is 2.53 bits per heavy atom. The maximum absolute atomic E-state index is 10.5. The number of carboxylic acids is 1. The van der Waals surface area contributed by atoms with E-state index in [1.165, 1.54) is 6.92 Å². The molecule has 2 atom stereocenters. The Labute approximate surface area is 94.8 Å². The van der Waals surface area contributed by atoms with E-state index in [4.69, 9.17) is 10.8 Å². The summed E-state index contributed by atoms with van der Waals surface area (Å²) in [5, 5.41) is 10.9. The zero-order valence-corrected chi connectivity index (χ0v) is 9.67. The van der Waals surface area contributed by atoms with Crippen molar-refractivity contribution in [1.82, 2.24) is 5.32 Å². The van der Waals surface area contributed by atoms with Gasteiger partial charge in [0.25, 0.3) is 0 Å². The van der Waals surface area contributed by atoms with Crippen LogP contribution in [0.15, 0.2) is 0 Å². The molecule has 0 fully saturated rings. The van der Waals surface area contributed by atoms with Gasteiger partial charge in [-0.2, -0.15) is 12.6 Å². The van der Waals surface area contributed by atoms with Gasteiger partial charge < -0.3 is 16.2 Å². The number of thiol groups is 1. The van der Waals surface area contributed by atoms with E-state index < -0.39 is 12.0 Å². The fraction of sp³-hybridized carbons (Fsp3) is 0.778. The lowest BCUT2D eigenvalue weighted by Gasteiger charge is -2.14. The average Bonchev–Trinajstić information content (AvgIpc) is 2.15. The minimum atomic E-state index is -1.03. The van der Waals surface area contributed by atoms with Crippen LogP contribution in [0.1, 0.15) is 26.2 Å². The molecule has 5 nitrogen and oxygen atoms in total. The van der Waals surface area contributed by atoms with E-state index in [0.29, 0.717) is 13.0 Å². The molecule has 4 N–H and O–H groups in total. The van der Waals surface area contributed by atoms with Crippen LogP contribution in [0.3, 0.4) is 0 Å². The number of carbonyl (C=O) groups is 2. The Balaban J connectivity index is 3.50. The van der Waals surface area contributed by atoms with Crippen LogP contribution in [0.25, 0.3) is 0 Å². The van der Waals surface area contributed by atoms with Gasteiger partial charge >= 0.3 is 5.97 Å². The molecule has 88 valence electrons. The Morgan fingerprint density at radius 1 is 1.47 bits per heavy atom. The van der Waals surface area contributed by atoms with E-state index in [1.807, 2.05) is 0 Å². The van der Waals surface area contributed by atoms with Crippen LogP contribution in [-0.2, 0) is 9.59 Å². The zero-order chi connectivity index (χ0) is 11.8. The largest absolute Gasteiger partial charge is 0.480 e. The summed E-state index contributed by atoms with van der Waals surface area (Å²) < 4.78 is 0. The van der Waals surface area contributed by atoms with Crippen molar-refractivity contribution >= 4 is 24.5 Å². The molecular formula is C9H18N2O3S. The predicted molar refractivity (Wildman–Crippen MR) is 60.9 cm³/mol. The minimum Gasteiger partial charge on any atom is -0.480 e. The summed E-state index contributed by atoms with van der Waals surface area (Å²) in [5.41, 5.74) is 5.38. The number of nitrogens with one attached hydrogen (secondary N) is 1. The van der Waals surface area contributed by atoms with Gasteiger partial charge in [0.15, 0.2) is 0 Å². The lowest BCUT2D eigenvalue weighted by molar-refractivity contribution is -0.138. The minimum absolute atomic E-state index is 0.0559. The molecule has 15 heavy (non-hydrogen) atoms. The molecule has 0 aliphatic rings. The lowest BCUT2D eigenvalue weighted by Crippen LogP contribution is -2.38. The summed E-state index contributed by atoms with van der Waals surface area (Å²) in [6.45, 7) is 2.07. The number of hydrogen-bond donors (Lipinski definition) is 4. The molecule has 0 saturated heterocycles. The van der Waals surface area contributed by atoms with Crippen molar-refractivity contribution < 1.29 is 14.7 Å². The van der Waals surface area contributed by atoms with E-state index in [2.05, 4.69) is 17.9 Å². The molecule has 0 heterocycles. The van der Waals surface area contributed by atoms with Gasteiger partial charge in [-0.25, -0.2) is 0 Å². The molecule has 0 spiro atoms. The summed E-state index contributed by atoms with van der Waals surface area (Å²) >= 11 is 4.11. The molecular weight excluding hydrogens is 216 g/mol. The summed E-state index contributed by atoms with van der Waals surface area (Å²) in [7, 11) is 0. The van der Waals surface area contributed by atoms with Crippen molar-refractivity contribution in [2.24, 2.45) is 5.73 Å². The second kappa shape index (κ2) is 7.53. The molecule has 6 heteroatoms. The molecule has 1 amide bonds. The third kappa shape index (κ3) is 7.21. The molecule has 0 rings (SSSR count). The van der Waals surface area contributed by atoms with E-state index in [9.17, 15) is 9.59 Å². The summed E-state index contributed by atoms with van der Waals surface area (Å²) in [6, 6.07) is -0.922. The molecule has 0 saturated carbocycles. The number of unbranched alkanes of at least 4 members (excludes halogenated alkanes) is 1. The first-order valence-electron chi connectivity index (χ1n) is 4.86. The zero-order valence-electron chi connectivity index (χ0n) is 8.77. The van der Waals surface area contributed by atoms with Crippen LogP contribution < -0.4 is 11.1 Å². The number of carboxylic acid groups (broad SMARTS) is 1. The topological polar surface area (TPSA) is 92.4 Å². The third-order valence-electron chi connectivity index (χ3n) is 2.00. The van der Waals surface area contributed by atoms with Crippen molar-refractivity contribution in [2.45, 2.75) is 37.5 Å². The monoisotopic (exact) mass is 234 g/mol. The van der Waals surface area contributed by atoms with Crippen LogP contribution in [-0.4, -0.2) is 34.8 Å². The fourth-order valence-electron chi connectivity index (χ4n) is 1.09. The molecule has 0 aromatic heterocycles. The van der Waals surface area contributed by atoms with Gasteiger partial charge in [-0.1, -0.05) is 6.42 Å². The van der Waals surface area contributed by atoms with E-state index in [1.54, 1.807) is 0 Å². The maximum Gasteiger partial charge on any atom is 0.321 e. The Hall–Kier alpha value is -0.750. The van der Waals surface area contributed by atoms with Gasteiger partial charge in [-0.3, -0.25) is 9.59 Å². The van der Waals surface area contributed by atoms with Gasteiger partial charge in [0.05, 0.1) is 0 Å². The standard InChI is InChI=1S/C9H18N2O3S/c1-6(12)11-5-3-2-4-7(15)8(10)9(13)14/h7-8,15H,2-5,10H2,1H3,(H,11,12)(H,13,14). The van der Waals surface area contributed by atoms with Crippen molar-refractivity contribution in [1.29, 1.82) is 0 Å². The SMILES string of the molecule is CC(=O)NCCCCC(S)C(N)C(=O)O. The van der Waals surface area contributed by atoms with Crippen LogP contribution in [0.5, 0.6) is 0 Å². The third-order valence-corrected chi connectivity index (χ3v) is 2.58. The van der Waals surface area contributed by atoms with Crippen LogP contribution >= 0.6 is 12.6 Å². The van der Waals surface area contributed by atoms with Gasteiger partial charge in [0, 0.05) is 18.7 Å². The second-order valence-corrected chi connectivity index (χ2v) is 4.07. The molecule has 0 aromatic carbocycles. The van der Waals surface area contributed by atoms with E-state index in [-0.39, 0.29) is 11.2 Å². The summed E-state index contributed by atoms with van der Waals surface area (Å²) in [4.78, 5) is 21.0. The average molecular weight is 234 g/mol. The van der Waals surface area contributed by atoms with Crippen molar-refractivity contribution in [3.05, 3.63) is 0 Å². The van der Waals surface area contributed by atoms with E-state index in [0.717, 1.165) is 12.8 Å². The number of amides is 1. The highest BCUT2D eigenvalue weighted by Gasteiger charge is 2.19. The highest BCUT2D eigenvalue weighted by Crippen LogP contribution is 2.10. The Kier molecular flexibility index (Phi) is 7.15. The fourth-order valence-corrected chi connectivity index (χ4v) is 1.40. The van der Waals surface area contributed by atoms with Crippen LogP contribution in [0.4, 0.5) is 0 Å². The number of aliphatic carboxylic acids is 1. The molecule has 0 bridgehead atoms. The summed E-state index contributed by atoms with van der Waals surface area (Å²) in [6.07, 6.45) is 2.24. The molecule has 2 unspecified atom stereocenters. The van der Waals surface area contributed by atoms with Gasteiger partial charge in [-0.05, 0) is 12.8 Å². The smallest absolute Gasteiger partial charge is 0.321 e. The summed E-state index contributed by atoms with van der Waals surface area (Å²) in [5.74, 6) is -1.09. The van der Waals surface area contributed by atoms with Gasteiger partial charge in [-0.15, -0.1) is 0 Å². The predicted octanol–water partition coefficient (Wildman–Crippen LogP) is 0.00310. The van der Waals surface area contributed by atoms with Crippen molar-refractivity contribution in [2.75, 3.05) is 6.54 Å². The first-order valence-corrected chi connectivity index (χ1v) is 5.37. The van der Waals surface area contributed by atoms with Gasteiger partial charge in [0.1, 0.15) is 6.04 Å². The van der Waals surface area contributed by atoms with Crippen LogP contribution in [0, 0.1) is 0 Å². The van der Waals surface area contributed by atoms with Crippen molar-refractivity contribution in [3.63, 3.8) is 0 Å². The normalized spacial score (nSPS) is 14.3. The van der Waals surface area contributed by atoms with Crippen molar-refractivity contribution in [3.8, 4) is 0 Å². The Bertz CT molecular complexity index is 223. The number of carbonyl (C=O) groups excluding carboxylic acids is 1. The number of hydrogen-bond acceptors (Lipinski definition) is 4. The Morgan fingerprint density at radius 2 is 2.07 bits per heavy atom. The lowest BCUT2D eigenvalue weighted by atomic mass is 10.1. The highest BCUT2D eigenvalue weighted by atomic mass is 32.1. The molecule has 0 aromatic rings.